The largest absolute Gasteiger partial charge is 0.490 e. The molecule has 0 atom stereocenters. The van der Waals surface area contributed by atoms with E-state index in [1.54, 1.807) is 22.9 Å². The summed E-state index contributed by atoms with van der Waals surface area (Å²) in [6.07, 6.45) is 1.80. The third kappa shape index (κ3) is 4.79. The lowest BCUT2D eigenvalue weighted by atomic mass is 10.1. The Labute approximate surface area is 195 Å². The molecule has 30 heavy (non-hydrogen) atoms. The second-order valence-electron chi connectivity index (χ2n) is 6.60. The van der Waals surface area contributed by atoms with Gasteiger partial charge in [0.25, 0.3) is 5.91 Å². The molecule has 1 fully saturated rings. The molecule has 0 bridgehead atoms. The molecule has 2 aromatic rings. The third-order valence-electron chi connectivity index (χ3n) is 4.57. The first-order valence-corrected chi connectivity index (χ1v) is 11.1. The molecule has 8 heteroatoms. The van der Waals surface area contributed by atoms with Crippen LogP contribution in [0, 0.1) is 0 Å². The summed E-state index contributed by atoms with van der Waals surface area (Å²) in [4.78, 5) is 16.0. The van der Waals surface area contributed by atoms with Crippen molar-refractivity contribution in [2.75, 3.05) is 20.2 Å². The number of amides is 1. The molecular formula is C22H22BrClN2O3S. The van der Waals surface area contributed by atoms with Crippen molar-refractivity contribution in [1.29, 1.82) is 0 Å². The number of carbonyl (C=O) groups is 1. The van der Waals surface area contributed by atoms with Gasteiger partial charge in [0.15, 0.2) is 16.6 Å². The fourth-order valence-corrected chi connectivity index (χ4v) is 4.20. The average molecular weight is 510 g/mol. The molecule has 0 N–H and O–H groups in total. The number of rotatable bonds is 7. The molecule has 3 rings (SSSR count). The quantitative estimate of drug-likeness (QED) is 0.364. The van der Waals surface area contributed by atoms with Crippen molar-refractivity contribution in [2.24, 2.45) is 0 Å². The molecule has 0 unspecified atom stereocenters. The first-order chi connectivity index (χ1) is 14.3. The van der Waals surface area contributed by atoms with E-state index in [9.17, 15) is 4.79 Å². The summed E-state index contributed by atoms with van der Waals surface area (Å²) in [7, 11) is 1.79. The first-order valence-electron chi connectivity index (χ1n) is 9.50. The molecule has 5 nitrogen and oxygen atoms in total. The van der Waals surface area contributed by atoms with Gasteiger partial charge in [0.1, 0.15) is 12.3 Å². The summed E-state index contributed by atoms with van der Waals surface area (Å²) in [5, 5.41) is 1.16. The molecule has 1 saturated heterocycles. The minimum absolute atomic E-state index is 0.111. The molecule has 0 saturated carbocycles. The first kappa shape index (κ1) is 22.6. The number of hydrogen-bond acceptors (Lipinski definition) is 4. The Bertz CT molecular complexity index is 1010. The number of thiocarbonyl (C=S) groups is 1. The van der Waals surface area contributed by atoms with E-state index in [2.05, 4.69) is 15.9 Å². The van der Waals surface area contributed by atoms with Crippen LogP contribution in [-0.4, -0.2) is 41.0 Å². The lowest BCUT2D eigenvalue weighted by Gasteiger charge is -2.16. The maximum absolute atomic E-state index is 12.7. The van der Waals surface area contributed by atoms with Crippen molar-refractivity contribution in [1.82, 2.24) is 9.80 Å². The maximum atomic E-state index is 12.7. The maximum Gasteiger partial charge on any atom is 0.276 e. The van der Waals surface area contributed by atoms with Crippen LogP contribution >= 0.6 is 39.7 Å². The van der Waals surface area contributed by atoms with Crippen molar-refractivity contribution >= 4 is 56.8 Å². The smallest absolute Gasteiger partial charge is 0.276 e. The van der Waals surface area contributed by atoms with Crippen molar-refractivity contribution in [3.63, 3.8) is 0 Å². The number of nitrogens with zero attached hydrogens (tertiary/aromatic N) is 2. The van der Waals surface area contributed by atoms with Gasteiger partial charge >= 0.3 is 0 Å². The summed E-state index contributed by atoms with van der Waals surface area (Å²) in [5.41, 5.74) is 2.27. The summed E-state index contributed by atoms with van der Waals surface area (Å²) < 4.78 is 12.6. The van der Waals surface area contributed by atoms with Gasteiger partial charge in [-0.2, -0.15) is 0 Å². The van der Waals surface area contributed by atoms with Crippen molar-refractivity contribution < 1.29 is 14.3 Å². The minimum atomic E-state index is -0.111. The van der Waals surface area contributed by atoms with Crippen LogP contribution in [-0.2, 0) is 11.4 Å². The Kier molecular flexibility index (Phi) is 7.39. The van der Waals surface area contributed by atoms with Crippen molar-refractivity contribution in [3.05, 3.63) is 62.7 Å². The zero-order chi connectivity index (χ0) is 21.8. The highest BCUT2D eigenvalue weighted by atomic mass is 79.9. The van der Waals surface area contributed by atoms with Crippen molar-refractivity contribution in [2.45, 2.75) is 20.5 Å². The van der Waals surface area contributed by atoms with Gasteiger partial charge < -0.3 is 14.4 Å². The van der Waals surface area contributed by atoms with Gasteiger partial charge in [0.05, 0.1) is 11.1 Å². The Balaban J connectivity index is 1.91. The van der Waals surface area contributed by atoms with Crippen LogP contribution in [0.5, 0.6) is 11.5 Å². The lowest BCUT2D eigenvalue weighted by Crippen LogP contribution is -2.30. The second-order valence-corrected chi connectivity index (χ2v) is 8.26. The van der Waals surface area contributed by atoms with Crippen LogP contribution in [0.15, 0.2) is 46.6 Å². The van der Waals surface area contributed by atoms with Crippen LogP contribution in [0.2, 0.25) is 5.02 Å². The van der Waals surface area contributed by atoms with Gasteiger partial charge in [-0.15, -0.1) is 0 Å². The molecular weight excluding hydrogens is 488 g/mol. The summed E-state index contributed by atoms with van der Waals surface area (Å²) in [5.74, 6) is 1.07. The molecule has 0 aromatic heterocycles. The SMILES string of the molecule is CCOc1cc(/C=C2/C(=O)N(CC)C(=S)N2C)cc(Br)c1OCc1cccc(Cl)c1. The van der Waals surface area contributed by atoms with Gasteiger partial charge in [0.2, 0.25) is 0 Å². The summed E-state index contributed by atoms with van der Waals surface area (Å²) >= 11 is 15.0. The third-order valence-corrected chi connectivity index (χ3v) is 5.89. The van der Waals surface area contributed by atoms with E-state index in [1.807, 2.05) is 50.2 Å². The van der Waals surface area contributed by atoms with Gasteiger partial charge in [-0.05, 0) is 83.5 Å². The minimum Gasteiger partial charge on any atom is -0.490 e. The molecule has 0 aliphatic carbocycles. The second kappa shape index (κ2) is 9.81. The highest BCUT2D eigenvalue weighted by molar-refractivity contribution is 9.10. The predicted octanol–water partition coefficient (Wildman–Crippen LogP) is 5.50. The molecule has 1 amide bonds. The lowest BCUT2D eigenvalue weighted by molar-refractivity contribution is -0.122. The van der Waals surface area contributed by atoms with Crippen molar-refractivity contribution in [3.8, 4) is 11.5 Å². The molecule has 2 aromatic carbocycles. The Morgan fingerprint density at radius 2 is 1.97 bits per heavy atom. The normalized spacial score (nSPS) is 15.3. The zero-order valence-corrected chi connectivity index (χ0v) is 20.1. The predicted molar refractivity (Wildman–Crippen MR) is 127 cm³/mol. The molecule has 1 aliphatic heterocycles. The van der Waals surface area contributed by atoms with E-state index < -0.39 is 0 Å². The number of benzene rings is 2. The monoisotopic (exact) mass is 508 g/mol. The van der Waals surface area contributed by atoms with E-state index in [0.29, 0.717) is 47.1 Å². The number of ether oxygens (including phenoxy) is 2. The molecule has 0 radical (unpaired) electrons. The van der Waals surface area contributed by atoms with Crippen LogP contribution in [0.4, 0.5) is 0 Å². The molecule has 1 aliphatic rings. The Morgan fingerprint density at radius 3 is 2.60 bits per heavy atom. The fourth-order valence-electron chi connectivity index (χ4n) is 3.10. The standard InChI is InChI=1S/C22H22BrClN2O3S/c1-4-26-21(27)18(25(3)22(26)30)11-15-10-17(23)20(19(12-15)28-5-2)29-13-14-7-6-8-16(24)9-14/h6-12H,4-5,13H2,1-3H3/b18-11-. The van der Waals surface area contributed by atoms with Gasteiger partial charge in [-0.25, -0.2) is 0 Å². The zero-order valence-electron chi connectivity index (χ0n) is 16.9. The van der Waals surface area contributed by atoms with E-state index >= 15 is 0 Å². The van der Waals surface area contributed by atoms with Crippen LogP contribution in [0.25, 0.3) is 6.08 Å². The van der Waals surface area contributed by atoms with E-state index in [1.165, 1.54) is 0 Å². The number of likely N-dealkylation sites (N-methyl/N-ethyl adjacent to an activating group) is 2. The number of carbonyl (C=O) groups excluding carboxylic acids is 1. The molecule has 0 spiro atoms. The Hall–Kier alpha value is -2.09. The average Bonchev–Trinajstić information content (AvgIpc) is 2.90. The van der Waals surface area contributed by atoms with Gasteiger partial charge in [-0.3, -0.25) is 9.69 Å². The van der Waals surface area contributed by atoms with Crippen LogP contribution in [0.3, 0.4) is 0 Å². The number of halogens is 2. The Morgan fingerprint density at radius 1 is 1.20 bits per heavy atom. The van der Waals surface area contributed by atoms with Gasteiger partial charge in [-0.1, -0.05) is 23.7 Å². The van der Waals surface area contributed by atoms with E-state index in [-0.39, 0.29) is 5.91 Å². The molecule has 1 heterocycles. The van der Waals surface area contributed by atoms with Crippen LogP contribution in [0.1, 0.15) is 25.0 Å². The summed E-state index contributed by atoms with van der Waals surface area (Å²) in [6, 6.07) is 11.3. The topological polar surface area (TPSA) is 42.0 Å². The molecule has 158 valence electrons. The highest BCUT2D eigenvalue weighted by Gasteiger charge is 2.34. The highest BCUT2D eigenvalue weighted by Crippen LogP contribution is 2.38. The number of hydrogen-bond donors (Lipinski definition) is 0. The summed E-state index contributed by atoms with van der Waals surface area (Å²) in [6.45, 7) is 5.17. The fraction of sp³-hybridized carbons (Fsp3) is 0.273. The van der Waals surface area contributed by atoms with Crippen LogP contribution < -0.4 is 9.47 Å². The van der Waals surface area contributed by atoms with Gasteiger partial charge in [0, 0.05) is 18.6 Å². The van der Waals surface area contributed by atoms with E-state index in [0.717, 1.165) is 15.6 Å². The van der Waals surface area contributed by atoms with E-state index in [4.69, 9.17) is 33.3 Å².